The Morgan fingerprint density at radius 3 is 2.57 bits per heavy atom. The van der Waals surface area contributed by atoms with Crippen LogP contribution in [0, 0.1) is 11.8 Å². The quantitative estimate of drug-likeness (QED) is 0.752. The minimum absolute atomic E-state index is 0.145. The van der Waals surface area contributed by atoms with Gasteiger partial charge in [0.1, 0.15) is 6.04 Å². The van der Waals surface area contributed by atoms with E-state index in [2.05, 4.69) is 13.8 Å². The van der Waals surface area contributed by atoms with Crippen molar-refractivity contribution in [1.82, 2.24) is 9.80 Å². The largest absolute Gasteiger partial charge is 0.376 e. The van der Waals surface area contributed by atoms with E-state index in [1.165, 1.54) is 0 Å². The summed E-state index contributed by atoms with van der Waals surface area (Å²) in [6, 6.07) is -0.211. The van der Waals surface area contributed by atoms with Crippen LogP contribution in [0.5, 0.6) is 0 Å². The van der Waals surface area contributed by atoms with E-state index in [0.717, 1.165) is 58.2 Å². The molecule has 0 aromatic rings. The fourth-order valence-electron chi connectivity index (χ4n) is 3.60. The molecule has 3 rings (SSSR count). The van der Waals surface area contributed by atoms with Crippen molar-refractivity contribution in [3.63, 3.8) is 0 Å². The highest BCUT2D eigenvalue weighted by Gasteiger charge is 2.43. The van der Waals surface area contributed by atoms with Crippen molar-refractivity contribution < 1.29 is 14.3 Å². The van der Waals surface area contributed by atoms with Crippen LogP contribution in [0.25, 0.3) is 0 Å². The van der Waals surface area contributed by atoms with Gasteiger partial charge >= 0.3 is 0 Å². The molecule has 0 N–H and O–H groups in total. The fourth-order valence-corrected chi connectivity index (χ4v) is 3.60. The van der Waals surface area contributed by atoms with Gasteiger partial charge in [-0.05, 0) is 44.4 Å². The highest BCUT2D eigenvalue weighted by molar-refractivity contribution is 5.90. The summed E-state index contributed by atoms with van der Waals surface area (Å²) >= 11 is 0. The molecule has 0 radical (unpaired) electrons. The molecule has 5 nitrogen and oxygen atoms in total. The van der Waals surface area contributed by atoms with Crippen molar-refractivity contribution in [3.05, 3.63) is 0 Å². The van der Waals surface area contributed by atoms with E-state index in [4.69, 9.17) is 4.74 Å². The SMILES string of the molecule is CC(C)CCO[C@H]1CCN(C(=O)[C@@H]2CCCN2C(=O)C2CC2)C1. The average molecular weight is 322 g/mol. The first-order valence-corrected chi connectivity index (χ1v) is 9.27. The topological polar surface area (TPSA) is 49.9 Å². The highest BCUT2D eigenvalue weighted by Crippen LogP contribution is 2.34. The highest BCUT2D eigenvalue weighted by atomic mass is 16.5. The van der Waals surface area contributed by atoms with Crippen LogP contribution >= 0.6 is 0 Å². The summed E-state index contributed by atoms with van der Waals surface area (Å²) in [6.45, 7) is 7.39. The molecule has 0 aromatic carbocycles. The van der Waals surface area contributed by atoms with E-state index >= 15 is 0 Å². The number of hydrogen-bond acceptors (Lipinski definition) is 3. The normalized spacial score (nSPS) is 28.0. The third kappa shape index (κ3) is 4.06. The molecule has 1 saturated carbocycles. The molecular formula is C18H30N2O3. The van der Waals surface area contributed by atoms with Crippen molar-refractivity contribution in [1.29, 1.82) is 0 Å². The van der Waals surface area contributed by atoms with Gasteiger partial charge in [0.2, 0.25) is 11.8 Å². The molecule has 0 bridgehead atoms. The van der Waals surface area contributed by atoms with Gasteiger partial charge in [-0.15, -0.1) is 0 Å². The molecule has 0 unspecified atom stereocenters. The van der Waals surface area contributed by atoms with E-state index < -0.39 is 0 Å². The van der Waals surface area contributed by atoms with Gasteiger partial charge in [0.25, 0.3) is 0 Å². The first-order valence-electron chi connectivity index (χ1n) is 9.27. The summed E-state index contributed by atoms with van der Waals surface area (Å²) in [6.07, 6.45) is 5.96. The van der Waals surface area contributed by atoms with E-state index in [0.29, 0.717) is 12.5 Å². The van der Waals surface area contributed by atoms with Gasteiger partial charge < -0.3 is 14.5 Å². The maximum absolute atomic E-state index is 12.8. The first kappa shape index (κ1) is 16.7. The molecule has 2 amide bonds. The van der Waals surface area contributed by atoms with Crippen molar-refractivity contribution >= 4 is 11.8 Å². The minimum Gasteiger partial charge on any atom is -0.376 e. The summed E-state index contributed by atoms with van der Waals surface area (Å²) < 4.78 is 5.90. The van der Waals surface area contributed by atoms with Gasteiger partial charge in [0.15, 0.2) is 0 Å². The third-order valence-corrected chi connectivity index (χ3v) is 5.25. The van der Waals surface area contributed by atoms with Crippen molar-refractivity contribution in [2.24, 2.45) is 11.8 Å². The van der Waals surface area contributed by atoms with Gasteiger partial charge in [0.05, 0.1) is 6.10 Å². The lowest BCUT2D eigenvalue weighted by Crippen LogP contribution is -2.47. The molecular weight excluding hydrogens is 292 g/mol. The van der Waals surface area contributed by atoms with E-state index in [-0.39, 0.29) is 29.9 Å². The maximum Gasteiger partial charge on any atom is 0.245 e. The van der Waals surface area contributed by atoms with E-state index in [1.54, 1.807) is 0 Å². The Kier molecular flexibility index (Phi) is 5.24. The van der Waals surface area contributed by atoms with E-state index in [1.807, 2.05) is 9.80 Å². The lowest BCUT2D eigenvalue weighted by Gasteiger charge is -2.28. The predicted octanol–water partition coefficient (Wildman–Crippen LogP) is 2.05. The summed E-state index contributed by atoms with van der Waals surface area (Å²) in [5.74, 6) is 1.21. The Hall–Kier alpha value is -1.10. The molecule has 2 aliphatic heterocycles. The molecule has 5 heteroatoms. The third-order valence-electron chi connectivity index (χ3n) is 5.25. The van der Waals surface area contributed by atoms with Crippen LogP contribution in [0.1, 0.15) is 52.4 Å². The zero-order chi connectivity index (χ0) is 16.4. The zero-order valence-corrected chi connectivity index (χ0v) is 14.5. The lowest BCUT2D eigenvalue weighted by molar-refractivity contribution is -0.144. The van der Waals surface area contributed by atoms with Crippen LogP contribution in [0.2, 0.25) is 0 Å². The van der Waals surface area contributed by atoms with Gasteiger partial charge in [0, 0.05) is 32.2 Å². The van der Waals surface area contributed by atoms with Crippen molar-refractivity contribution in [2.45, 2.75) is 64.5 Å². The number of likely N-dealkylation sites (tertiary alicyclic amines) is 2. The molecule has 1 aliphatic carbocycles. The minimum atomic E-state index is -0.211. The predicted molar refractivity (Wildman–Crippen MR) is 87.9 cm³/mol. The molecule has 3 aliphatic rings. The number of carbonyl (C=O) groups is 2. The van der Waals surface area contributed by atoms with Crippen LogP contribution in [0.4, 0.5) is 0 Å². The zero-order valence-electron chi connectivity index (χ0n) is 14.5. The van der Waals surface area contributed by atoms with E-state index in [9.17, 15) is 9.59 Å². The molecule has 0 aromatic heterocycles. The van der Waals surface area contributed by atoms with Crippen LogP contribution in [0.3, 0.4) is 0 Å². The van der Waals surface area contributed by atoms with Crippen LogP contribution < -0.4 is 0 Å². The monoisotopic (exact) mass is 322 g/mol. The summed E-state index contributed by atoms with van der Waals surface area (Å²) in [4.78, 5) is 28.9. The number of rotatable bonds is 6. The summed E-state index contributed by atoms with van der Waals surface area (Å²) in [5.41, 5.74) is 0. The van der Waals surface area contributed by atoms with Gasteiger partial charge in [-0.3, -0.25) is 9.59 Å². The smallest absolute Gasteiger partial charge is 0.245 e. The Bertz CT molecular complexity index is 448. The van der Waals surface area contributed by atoms with Gasteiger partial charge in [-0.2, -0.15) is 0 Å². The molecule has 0 spiro atoms. The van der Waals surface area contributed by atoms with Gasteiger partial charge in [-0.25, -0.2) is 0 Å². The Morgan fingerprint density at radius 2 is 1.87 bits per heavy atom. The summed E-state index contributed by atoms with van der Waals surface area (Å²) in [7, 11) is 0. The number of nitrogens with zero attached hydrogens (tertiary/aromatic N) is 2. The Morgan fingerprint density at radius 1 is 1.09 bits per heavy atom. The number of hydrogen-bond donors (Lipinski definition) is 0. The molecule has 3 fully saturated rings. The van der Waals surface area contributed by atoms with Crippen LogP contribution in [0.15, 0.2) is 0 Å². The molecule has 2 heterocycles. The van der Waals surface area contributed by atoms with Gasteiger partial charge in [-0.1, -0.05) is 13.8 Å². The van der Waals surface area contributed by atoms with Crippen molar-refractivity contribution in [2.75, 3.05) is 26.2 Å². The first-order chi connectivity index (χ1) is 11.1. The number of ether oxygens (including phenoxy) is 1. The Balaban J connectivity index is 1.49. The molecule has 23 heavy (non-hydrogen) atoms. The fraction of sp³-hybridized carbons (Fsp3) is 0.889. The second-order valence-corrected chi connectivity index (χ2v) is 7.71. The maximum atomic E-state index is 12.8. The average Bonchev–Trinajstić information content (AvgIpc) is 3.07. The second kappa shape index (κ2) is 7.20. The van der Waals surface area contributed by atoms with Crippen molar-refractivity contribution in [3.8, 4) is 0 Å². The second-order valence-electron chi connectivity index (χ2n) is 7.71. The lowest BCUT2D eigenvalue weighted by atomic mass is 10.1. The molecule has 130 valence electrons. The Labute approximate surface area is 139 Å². The molecule has 2 atom stereocenters. The molecule has 2 saturated heterocycles. The standard InChI is InChI=1S/C18H30N2O3/c1-13(2)8-11-23-15-7-10-19(12-15)18(22)16-4-3-9-20(16)17(21)14-5-6-14/h13-16H,3-12H2,1-2H3/t15-,16-/m0/s1. The van der Waals surface area contributed by atoms with Crippen LogP contribution in [-0.2, 0) is 14.3 Å². The number of amides is 2. The number of carbonyl (C=O) groups excluding carboxylic acids is 2. The summed E-state index contributed by atoms with van der Waals surface area (Å²) in [5, 5.41) is 0. The van der Waals surface area contributed by atoms with Crippen LogP contribution in [-0.4, -0.2) is 60.0 Å².